The summed E-state index contributed by atoms with van der Waals surface area (Å²) in [6.45, 7) is 0.597. The van der Waals surface area contributed by atoms with Crippen molar-refractivity contribution < 1.29 is 9.59 Å². The second-order valence-corrected chi connectivity index (χ2v) is 7.17. The molecule has 4 rings (SSSR count). The predicted molar refractivity (Wildman–Crippen MR) is 97.0 cm³/mol. The van der Waals surface area contributed by atoms with E-state index >= 15 is 0 Å². The summed E-state index contributed by atoms with van der Waals surface area (Å²) < 4.78 is 3.80. The van der Waals surface area contributed by atoms with Crippen molar-refractivity contribution in [2.75, 3.05) is 5.32 Å². The first-order chi connectivity index (χ1) is 12.4. The van der Waals surface area contributed by atoms with Crippen molar-refractivity contribution in [1.29, 1.82) is 0 Å². The van der Waals surface area contributed by atoms with E-state index in [9.17, 15) is 9.59 Å². The average molecular weight is 371 g/mol. The largest absolute Gasteiger partial charge is 0.365 e. The Morgan fingerprint density at radius 1 is 1.35 bits per heavy atom. The van der Waals surface area contributed by atoms with E-state index in [2.05, 4.69) is 15.4 Å². The van der Waals surface area contributed by atoms with E-state index in [1.165, 1.54) is 11.3 Å². The quantitative estimate of drug-likeness (QED) is 0.632. The number of nitrogens with two attached hydrogens (primary N) is 2. The fourth-order valence-corrected chi connectivity index (χ4v) is 4.53. The smallest absolute Gasteiger partial charge is 0.317 e. The lowest BCUT2D eigenvalue weighted by Crippen LogP contribution is -2.22. The average Bonchev–Trinajstić information content (AvgIpc) is 3.23. The Hall–Kier alpha value is -3.14. The number of hydrogen-bond acceptors (Lipinski definition) is 5. The van der Waals surface area contributed by atoms with Gasteiger partial charge in [-0.1, -0.05) is 0 Å². The number of aryl methyl sites for hydroxylation is 2. The van der Waals surface area contributed by atoms with Crippen molar-refractivity contribution in [3.63, 3.8) is 0 Å². The molecular weight excluding hydrogens is 354 g/mol. The van der Waals surface area contributed by atoms with Crippen LogP contribution in [-0.2, 0) is 26.4 Å². The molecule has 0 aliphatic heterocycles. The molecule has 134 valence electrons. The van der Waals surface area contributed by atoms with E-state index < -0.39 is 11.9 Å². The summed E-state index contributed by atoms with van der Waals surface area (Å²) in [6.07, 6.45) is 6.85. The van der Waals surface area contributed by atoms with Crippen LogP contribution in [0.15, 0.2) is 18.7 Å². The molecule has 0 fully saturated rings. The van der Waals surface area contributed by atoms with Crippen LogP contribution in [0.25, 0.3) is 10.4 Å². The van der Waals surface area contributed by atoms with Gasteiger partial charge in [0.2, 0.25) is 0 Å². The number of amides is 3. The minimum atomic E-state index is -0.724. The van der Waals surface area contributed by atoms with E-state index in [1.54, 1.807) is 12.5 Å². The van der Waals surface area contributed by atoms with Gasteiger partial charge in [0.1, 0.15) is 5.00 Å². The molecule has 10 heteroatoms. The maximum absolute atomic E-state index is 11.9. The van der Waals surface area contributed by atoms with E-state index in [1.807, 2.05) is 22.5 Å². The summed E-state index contributed by atoms with van der Waals surface area (Å²) in [5, 5.41) is 7.57. The molecule has 1 aliphatic rings. The number of anilines is 1. The number of imidazole rings is 1. The van der Waals surface area contributed by atoms with Gasteiger partial charge in [0.25, 0.3) is 5.91 Å². The Labute approximate surface area is 152 Å². The Balaban J connectivity index is 1.76. The van der Waals surface area contributed by atoms with Gasteiger partial charge in [-0.2, -0.15) is 5.10 Å². The number of nitrogens with zero attached hydrogens (tertiary/aromatic N) is 4. The molecule has 0 atom stereocenters. The number of rotatable bonds is 4. The van der Waals surface area contributed by atoms with E-state index in [-0.39, 0.29) is 0 Å². The lowest BCUT2D eigenvalue weighted by molar-refractivity contribution is 0.100. The Kier molecular flexibility index (Phi) is 3.76. The van der Waals surface area contributed by atoms with Crippen molar-refractivity contribution in [2.24, 2.45) is 18.5 Å². The fourth-order valence-electron chi connectivity index (χ4n) is 3.24. The second-order valence-electron chi connectivity index (χ2n) is 6.15. The van der Waals surface area contributed by atoms with E-state index in [0.29, 0.717) is 30.0 Å². The van der Waals surface area contributed by atoms with Crippen molar-refractivity contribution in [3.8, 4) is 10.4 Å². The van der Waals surface area contributed by atoms with E-state index in [4.69, 9.17) is 11.5 Å². The summed E-state index contributed by atoms with van der Waals surface area (Å²) in [6, 6.07) is -0.724. The summed E-state index contributed by atoms with van der Waals surface area (Å²) >= 11 is 1.30. The molecule has 3 aromatic rings. The highest BCUT2D eigenvalue weighted by atomic mass is 32.1. The van der Waals surface area contributed by atoms with Crippen LogP contribution in [0.2, 0.25) is 0 Å². The summed E-state index contributed by atoms with van der Waals surface area (Å²) in [5.41, 5.74) is 14.9. The van der Waals surface area contributed by atoms with Crippen LogP contribution in [0.3, 0.4) is 0 Å². The molecule has 3 aromatic heterocycles. The number of fused-ring (bicyclic) bond motifs is 3. The van der Waals surface area contributed by atoms with Crippen LogP contribution < -0.4 is 16.8 Å². The molecule has 0 bridgehead atoms. The number of carbonyl (C=O) groups is 2. The number of urea groups is 1. The number of carbonyl (C=O) groups excluding carboxylic acids is 2. The van der Waals surface area contributed by atoms with Gasteiger partial charge in [0.15, 0.2) is 0 Å². The van der Waals surface area contributed by atoms with Gasteiger partial charge < -0.3 is 16.0 Å². The zero-order valence-electron chi connectivity index (χ0n) is 14.0. The number of thiophene rings is 1. The van der Waals surface area contributed by atoms with Gasteiger partial charge in [-0.15, -0.1) is 11.3 Å². The molecule has 0 spiro atoms. The van der Waals surface area contributed by atoms with Gasteiger partial charge in [-0.3, -0.25) is 14.8 Å². The van der Waals surface area contributed by atoms with Crippen molar-refractivity contribution in [2.45, 2.75) is 19.4 Å². The molecule has 0 saturated carbocycles. The highest BCUT2D eigenvalue weighted by molar-refractivity contribution is 7.20. The maximum Gasteiger partial charge on any atom is 0.317 e. The molecule has 0 unspecified atom stereocenters. The second kappa shape index (κ2) is 5.99. The lowest BCUT2D eigenvalue weighted by atomic mass is 9.94. The molecule has 0 aromatic carbocycles. The first-order valence-electron chi connectivity index (χ1n) is 7.98. The normalized spacial score (nSPS) is 12.5. The summed E-state index contributed by atoms with van der Waals surface area (Å²) in [5.74, 6) is -0.572. The number of hydrogen-bond donors (Lipinski definition) is 3. The van der Waals surface area contributed by atoms with Crippen LogP contribution in [0.4, 0.5) is 9.80 Å². The van der Waals surface area contributed by atoms with Gasteiger partial charge in [0, 0.05) is 23.7 Å². The SMILES string of the molecule is Cn1cncc1Cn1cc2c(n1)CCc1c-2sc(NC(N)=O)c1C(N)=O. The van der Waals surface area contributed by atoms with E-state index in [0.717, 1.165) is 27.4 Å². The molecule has 9 nitrogen and oxygen atoms in total. The minimum absolute atomic E-state index is 0.342. The monoisotopic (exact) mass is 371 g/mol. The van der Waals surface area contributed by atoms with Crippen LogP contribution >= 0.6 is 11.3 Å². The highest BCUT2D eigenvalue weighted by Gasteiger charge is 2.29. The molecule has 5 N–H and O–H groups in total. The highest BCUT2D eigenvalue weighted by Crippen LogP contribution is 2.44. The fraction of sp³-hybridized carbons (Fsp3) is 0.250. The Morgan fingerprint density at radius 3 is 2.81 bits per heavy atom. The van der Waals surface area contributed by atoms with Crippen LogP contribution in [-0.4, -0.2) is 31.3 Å². The zero-order valence-corrected chi connectivity index (χ0v) is 14.8. The third kappa shape index (κ3) is 2.64. The molecular formula is C16H17N7O2S. The van der Waals surface area contributed by atoms with Gasteiger partial charge in [-0.05, 0) is 18.4 Å². The van der Waals surface area contributed by atoms with Crippen LogP contribution in [0.5, 0.6) is 0 Å². The third-order valence-corrected chi connectivity index (χ3v) is 5.61. The van der Waals surface area contributed by atoms with Crippen molar-refractivity contribution in [1.82, 2.24) is 19.3 Å². The zero-order chi connectivity index (χ0) is 18.4. The number of aromatic nitrogens is 4. The van der Waals surface area contributed by atoms with Gasteiger partial charge in [-0.25, -0.2) is 9.78 Å². The first-order valence-corrected chi connectivity index (χ1v) is 8.79. The lowest BCUT2D eigenvalue weighted by Gasteiger charge is -2.11. The molecule has 3 amide bonds. The maximum atomic E-state index is 11.9. The molecule has 26 heavy (non-hydrogen) atoms. The number of primary amides is 2. The predicted octanol–water partition coefficient (Wildman–Crippen LogP) is 1.08. The molecule has 0 radical (unpaired) electrons. The summed E-state index contributed by atoms with van der Waals surface area (Å²) in [7, 11) is 1.93. The third-order valence-electron chi connectivity index (χ3n) is 4.43. The van der Waals surface area contributed by atoms with Crippen LogP contribution in [0.1, 0.15) is 27.3 Å². The van der Waals surface area contributed by atoms with Crippen molar-refractivity contribution >= 4 is 28.3 Å². The Bertz CT molecular complexity index is 1030. The van der Waals surface area contributed by atoms with Gasteiger partial charge >= 0.3 is 6.03 Å². The minimum Gasteiger partial charge on any atom is -0.365 e. The first kappa shape index (κ1) is 16.3. The topological polar surface area (TPSA) is 134 Å². The number of nitrogens with one attached hydrogen (secondary N) is 1. The van der Waals surface area contributed by atoms with Crippen LogP contribution in [0, 0.1) is 0 Å². The molecule has 3 heterocycles. The Morgan fingerprint density at radius 2 is 2.15 bits per heavy atom. The standard InChI is InChI=1S/C16H17N7O2S/c1-22-7-19-4-8(22)5-23-6-10-11(21-23)3-2-9-12(14(17)24)15(20-16(18)25)26-13(9)10/h4,6-7H,2-3,5H2,1H3,(H2,17,24)(H3,18,20,25). The summed E-state index contributed by atoms with van der Waals surface area (Å²) in [4.78, 5) is 28.2. The molecule has 0 saturated heterocycles. The molecule has 1 aliphatic carbocycles. The van der Waals surface area contributed by atoms with Gasteiger partial charge in [0.05, 0.1) is 36.0 Å². The van der Waals surface area contributed by atoms with Crippen molar-refractivity contribution in [3.05, 3.63) is 41.2 Å².